The lowest BCUT2D eigenvalue weighted by Gasteiger charge is -2.15. The van der Waals surface area contributed by atoms with Crippen LogP contribution in [-0.2, 0) is 10.0 Å². The lowest BCUT2D eigenvalue weighted by atomic mass is 10.0. The van der Waals surface area contributed by atoms with Gasteiger partial charge in [0.25, 0.3) is 0 Å². The van der Waals surface area contributed by atoms with Crippen molar-refractivity contribution in [3.05, 3.63) is 65.6 Å². The first-order valence-electron chi connectivity index (χ1n) is 10.1. The number of nitrogens with one attached hydrogen (secondary N) is 2. The number of benzene rings is 2. The van der Waals surface area contributed by atoms with E-state index in [1.807, 2.05) is 18.4 Å². The molecule has 1 aromatic heterocycles. The van der Waals surface area contributed by atoms with Gasteiger partial charge in [-0.15, -0.1) is 0 Å². The first-order valence-corrected chi connectivity index (χ1v) is 12.5. The van der Waals surface area contributed by atoms with E-state index in [2.05, 4.69) is 15.2 Å². The summed E-state index contributed by atoms with van der Waals surface area (Å²) in [6, 6.07) is 10.1. The molecule has 0 spiro atoms. The summed E-state index contributed by atoms with van der Waals surface area (Å²) in [5.74, 6) is -0.691. The Labute approximate surface area is 189 Å². The van der Waals surface area contributed by atoms with Gasteiger partial charge < -0.3 is 4.57 Å². The van der Waals surface area contributed by atoms with Gasteiger partial charge in [0.15, 0.2) is 11.3 Å². The van der Waals surface area contributed by atoms with E-state index in [1.165, 1.54) is 42.1 Å². The van der Waals surface area contributed by atoms with Crippen LogP contribution in [0.2, 0.25) is 0 Å². The molecule has 166 valence electrons. The van der Waals surface area contributed by atoms with E-state index in [-0.39, 0.29) is 16.2 Å². The summed E-state index contributed by atoms with van der Waals surface area (Å²) in [6.45, 7) is 3.74. The van der Waals surface area contributed by atoms with Crippen molar-refractivity contribution in [1.29, 1.82) is 0 Å². The summed E-state index contributed by atoms with van der Waals surface area (Å²) >= 11 is 1.47. The van der Waals surface area contributed by atoms with Gasteiger partial charge in [0.2, 0.25) is 10.0 Å². The average molecular weight is 473 g/mol. The molecule has 2 heterocycles. The smallest absolute Gasteiger partial charge is 0.241 e. The molecule has 1 atom stereocenters. The Balaban J connectivity index is 1.62. The van der Waals surface area contributed by atoms with E-state index >= 15 is 0 Å². The van der Waals surface area contributed by atoms with Crippen molar-refractivity contribution in [2.24, 2.45) is 5.10 Å². The van der Waals surface area contributed by atoms with Crippen LogP contribution in [0.3, 0.4) is 0 Å². The molecule has 1 saturated carbocycles. The highest BCUT2D eigenvalue weighted by Gasteiger charge is 2.41. The van der Waals surface area contributed by atoms with Gasteiger partial charge in [0.1, 0.15) is 5.82 Å². The van der Waals surface area contributed by atoms with Crippen molar-refractivity contribution in [2.45, 2.75) is 42.6 Å². The Kier molecular flexibility index (Phi) is 4.92. The largest absolute Gasteiger partial charge is 0.316 e. The summed E-state index contributed by atoms with van der Waals surface area (Å²) in [5.41, 5.74) is 3.64. The van der Waals surface area contributed by atoms with Gasteiger partial charge in [-0.1, -0.05) is 17.8 Å². The fraction of sp³-hybridized carbons (Fsp3) is 0.273. The number of hydrogen-bond donors (Lipinski definition) is 2. The van der Waals surface area contributed by atoms with E-state index in [0.717, 1.165) is 17.9 Å². The van der Waals surface area contributed by atoms with Crippen LogP contribution in [0.15, 0.2) is 58.7 Å². The Morgan fingerprint density at radius 3 is 2.59 bits per heavy atom. The van der Waals surface area contributed by atoms with Crippen LogP contribution in [0.4, 0.5) is 4.39 Å². The van der Waals surface area contributed by atoms with Crippen molar-refractivity contribution in [3.63, 3.8) is 0 Å². The minimum absolute atomic E-state index is 0.138. The minimum atomic E-state index is -3.71. The highest BCUT2D eigenvalue weighted by molar-refractivity contribution is 8.14. The lowest BCUT2D eigenvalue weighted by Crippen LogP contribution is -2.34. The second-order valence-corrected chi connectivity index (χ2v) is 11.3. The summed E-state index contributed by atoms with van der Waals surface area (Å²) < 4.78 is 43.8. The number of carbonyl (C=O) groups is 1. The third-order valence-electron chi connectivity index (χ3n) is 5.72. The molecule has 2 N–H and O–H groups in total. The monoisotopic (exact) mass is 472 g/mol. The van der Waals surface area contributed by atoms with Crippen molar-refractivity contribution in [2.75, 3.05) is 0 Å². The predicted molar refractivity (Wildman–Crippen MR) is 123 cm³/mol. The zero-order valence-corrected chi connectivity index (χ0v) is 19.1. The number of rotatable bonds is 6. The number of fused-ring (bicyclic) bond motifs is 1. The molecule has 0 amide bonds. The van der Waals surface area contributed by atoms with Crippen molar-refractivity contribution < 1.29 is 17.6 Å². The molecule has 1 aliphatic carbocycles. The fourth-order valence-corrected chi connectivity index (χ4v) is 5.99. The number of thioether (sulfide) groups is 1. The van der Waals surface area contributed by atoms with Crippen LogP contribution in [0.1, 0.15) is 48.1 Å². The van der Waals surface area contributed by atoms with Crippen LogP contribution in [-0.4, -0.2) is 29.4 Å². The van der Waals surface area contributed by atoms with Crippen LogP contribution >= 0.6 is 11.8 Å². The van der Waals surface area contributed by atoms with E-state index in [4.69, 9.17) is 0 Å². The molecule has 32 heavy (non-hydrogen) atoms. The van der Waals surface area contributed by atoms with Gasteiger partial charge in [-0.3, -0.25) is 10.2 Å². The molecule has 2 aromatic carbocycles. The first-order chi connectivity index (χ1) is 15.2. The Morgan fingerprint density at radius 2 is 1.97 bits per heavy atom. The minimum Gasteiger partial charge on any atom is -0.316 e. The SMILES string of the molecule is CC1=NNC(n2cc(C(=O)c3ccc(F)cc3)c3ccc(S(=O)(=O)NC4(C)CC4)cc32)S1. The van der Waals surface area contributed by atoms with Gasteiger partial charge >= 0.3 is 0 Å². The van der Waals surface area contributed by atoms with Crippen molar-refractivity contribution in [3.8, 4) is 0 Å². The van der Waals surface area contributed by atoms with Gasteiger partial charge in [0, 0.05) is 28.2 Å². The molecule has 3 aromatic rings. The third kappa shape index (κ3) is 3.82. The Bertz CT molecular complexity index is 1380. The summed E-state index contributed by atoms with van der Waals surface area (Å²) in [4.78, 5) is 13.4. The highest BCUT2D eigenvalue weighted by Crippen LogP contribution is 2.37. The lowest BCUT2D eigenvalue weighted by molar-refractivity contribution is 0.104. The Hall–Kier alpha value is -2.69. The van der Waals surface area contributed by atoms with E-state index in [9.17, 15) is 17.6 Å². The van der Waals surface area contributed by atoms with E-state index < -0.39 is 21.4 Å². The molecule has 0 radical (unpaired) electrons. The van der Waals surface area contributed by atoms with Crippen molar-refractivity contribution in [1.82, 2.24) is 14.7 Å². The van der Waals surface area contributed by atoms with E-state index in [1.54, 1.807) is 18.3 Å². The van der Waals surface area contributed by atoms with Crippen LogP contribution in [0.5, 0.6) is 0 Å². The van der Waals surface area contributed by atoms with Gasteiger partial charge in [-0.2, -0.15) is 5.10 Å². The molecular weight excluding hydrogens is 451 g/mol. The second-order valence-electron chi connectivity index (χ2n) is 8.36. The normalized spacial score (nSPS) is 19.6. The molecule has 1 aliphatic heterocycles. The first kappa shape index (κ1) is 21.2. The zero-order chi connectivity index (χ0) is 22.7. The van der Waals surface area contributed by atoms with Crippen LogP contribution in [0.25, 0.3) is 10.9 Å². The van der Waals surface area contributed by atoms with Crippen molar-refractivity contribution >= 4 is 43.5 Å². The second kappa shape index (κ2) is 7.43. The predicted octanol–water partition coefficient (Wildman–Crippen LogP) is 3.97. The third-order valence-corrected chi connectivity index (χ3v) is 8.34. The van der Waals surface area contributed by atoms with Gasteiger partial charge in [-0.25, -0.2) is 17.5 Å². The molecular formula is C22H21FN4O3S2. The number of ketones is 1. The number of hydrazone groups is 1. The molecule has 5 rings (SSSR count). The topological polar surface area (TPSA) is 92.6 Å². The Morgan fingerprint density at radius 1 is 1.25 bits per heavy atom. The molecule has 1 fully saturated rings. The maximum Gasteiger partial charge on any atom is 0.241 e. The van der Waals surface area contributed by atoms with Gasteiger partial charge in [0.05, 0.1) is 15.5 Å². The van der Waals surface area contributed by atoms with Crippen LogP contribution < -0.4 is 10.1 Å². The zero-order valence-electron chi connectivity index (χ0n) is 17.4. The molecule has 2 aliphatic rings. The molecule has 7 nitrogen and oxygen atoms in total. The van der Waals surface area contributed by atoms with Crippen LogP contribution in [0, 0.1) is 5.82 Å². The maximum absolute atomic E-state index is 13.3. The summed E-state index contributed by atoms with van der Waals surface area (Å²) in [5, 5.41) is 5.65. The summed E-state index contributed by atoms with van der Waals surface area (Å²) in [6.07, 6.45) is 3.31. The molecule has 0 saturated heterocycles. The summed E-state index contributed by atoms with van der Waals surface area (Å²) in [7, 11) is -3.71. The molecule has 0 bridgehead atoms. The molecule has 10 heteroatoms. The van der Waals surface area contributed by atoms with Gasteiger partial charge in [-0.05, 0) is 63.1 Å². The quantitative estimate of drug-likeness (QED) is 0.530. The number of carbonyl (C=O) groups excluding carboxylic acids is 1. The molecule has 1 unspecified atom stereocenters. The average Bonchev–Trinajstić information content (AvgIpc) is 3.14. The fourth-order valence-electron chi connectivity index (χ4n) is 3.68. The number of nitrogens with zero attached hydrogens (tertiary/aromatic N) is 2. The van der Waals surface area contributed by atoms with E-state index in [0.29, 0.717) is 22.0 Å². The standard InChI is InChI=1S/C22H21FN4O3S2/c1-13-24-25-21(31-13)27-12-18(20(28)14-3-5-15(23)6-4-14)17-8-7-16(11-19(17)27)32(29,30)26-22(2)9-10-22/h3-8,11-12,21,25-26H,9-10H2,1-2H3. The maximum atomic E-state index is 13.3. The number of sulfonamides is 1. The number of hydrogen-bond acceptors (Lipinski definition) is 6. The number of aromatic nitrogens is 1. The highest BCUT2D eigenvalue weighted by atomic mass is 32.2. The number of halogens is 1.